The van der Waals surface area contributed by atoms with Crippen molar-refractivity contribution >= 4 is 17.4 Å². The topological polar surface area (TPSA) is 85.7 Å². The van der Waals surface area contributed by atoms with E-state index in [1.165, 1.54) is 0 Å². The van der Waals surface area contributed by atoms with Gasteiger partial charge in [-0.3, -0.25) is 0 Å². The SMILES string of the molecule is Cc1cc(Oc2ccc(/C(N)=N/O)c(Cl)c2)n(C)n1. The first-order valence-electron chi connectivity index (χ1n) is 5.47. The molecule has 100 valence electrons. The van der Waals surface area contributed by atoms with Crippen LogP contribution in [0.5, 0.6) is 11.6 Å². The summed E-state index contributed by atoms with van der Waals surface area (Å²) in [4.78, 5) is 0. The summed E-state index contributed by atoms with van der Waals surface area (Å²) >= 11 is 6.04. The minimum atomic E-state index is -0.0482. The maximum atomic E-state index is 8.62. The van der Waals surface area contributed by atoms with Gasteiger partial charge in [0.25, 0.3) is 0 Å². The van der Waals surface area contributed by atoms with Gasteiger partial charge in [-0.1, -0.05) is 16.8 Å². The van der Waals surface area contributed by atoms with E-state index >= 15 is 0 Å². The predicted octanol–water partition coefficient (Wildman–Crippen LogP) is 2.27. The van der Waals surface area contributed by atoms with E-state index in [-0.39, 0.29) is 5.84 Å². The van der Waals surface area contributed by atoms with E-state index in [2.05, 4.69) is 10.3 Å². The van der Waals surface area contributed by atoms with Crippen LogP contribution in [0.25, 0.3) is 0 Å². The smallest absolute Gasteiger partial charge is 0.217 e. The zero-order valence-corrected chi connectivity index (χ0v) is 11.2. The zero-order valence-electron chi connectivity index (χ0n) is 10.5. The lowest BCUT2D eigenvalue weighted by Gasteiger charge is -2.07. The average Bonchev–Trinajstić information content (AvgIpc) is 2.67. The van der Waals surface area contributed by atoms with Crippen LogP contribution in [-0.2, 0) is 7.05 Å². The molecule has 0 unspecified atom stereocenters. The van der Waals surface area contributed by atoms with Crippen molar-refractivity contribution in [1.82, 2.24) is 9.78 Å². The summed E-state index contributed by atoms with van der Waals surface area (Å²) in [7, 11) is 1.79. The molecule has 0 saturated heterocycles. The van der Waals surface area contributed by atoms with E-state index < -0.39 is 0 Å². The van der Waals surface area contributed by atoms with Gasteiger partial charge >= 0.3 is 0 Å². The number of halogens is 1. The number of aromatic nitrogens is 2. The van der Waals surface area contributed by atoms with Crippen LogP contribution in [0, 0.1) is 6.92 Å². The average molecular weight is 281 g/mol. The summed E-state index contributed by atoms with van der Waals surface area (Å²) in [5.41, 5.74) is 6.79. The molecule has 1 heterocycles. The molecule has 2 rings (SSSR count). The van der Waals surface area contributed by atoms with Crippen LogP contribution in [-0.4, -0.2) is 20.8 Å². The second kappa shape index (κ2) is 5.19. The Morgan fingerprint density at radius 1 is 1.47 bits per heavy atom. The maximum absolute atomic E-state index is 8.62. The molecule has 1 aromatic carbocycles. The molecule has 0 aliphatic heterocycles. The van der Waals surface area contributed by atoms with E-state index in [1.807, 2.05) is 13.0 Å². The zero-order chi connectivity index (χ0) is 14.0. The van der Waals surface area contributed by atoms with Gasteiger partial charge in [-0.15, -0.1) is 0 Å². The van der Waals surface area contributed by atoms with Crippen LogP contribution in [0.2, 0.25) is 5.02 Å². The molecule has 0 radical (unpaired) electrons. The number of nitrogens with zero attached hydrogens (tertiary/aromatic N) is 3. The number of benzene rings is 1. The molecule has 0 fully saturated rings. The van der Waals surface area contributed by atoms with E-state index in [1.54, 1.807) is 29.9 Å². The molecule has 3 N–H and O–H groups in total. The van der Waals surface area contributed by atoms with Gasteiger partial charge in [-0.05, 0) is 19.1 Å². The highest BCUT2D eigenvalue weighted by molar-refractivity contribution is 6.34. The first-order chi connectivity index (χ1) is 9.01. The van der Waals surface area contributed by atoms with Gasteiger partial charge < -0.3 is 15.7 Å². The van der Waals surface area contributed by atoms with Crippen molar-refractivity contribution in [2.75, 3.05) is 0 Å². The molecule has 0 aliphatic carbocycles. The third-order valence-corrected chi connectivity index (χ3v) is 2.82. The lowest BCUT2D eigenvalue weighted by atomic mass is 10.2. The van der Waals surface area contributed by atoms with Crippen LogP contribution in [0.3, 0.4) is 0 Å². The van der Waals surface area contributed by atoms with Crippen LogP contribution in [0.15, 0.2) is 29.4 Å². The van der Waals surface area contributed by atoms with Crippen molar-refractivity contribution in [3.8, 4) is 11.6 Å². The van der Waals surface area contributed by atoms with Crippen molar-refractivity contribution in [3.63, 3.8) is 0 Å². The molecule has 0 spiro atoms. The fraction of sp³-hybridized carbons (Fsp3) is 0.167. The largest absolute Gasteiger partial charge is 0.439 e. The number of aryl methyl sites for hydroxylation is 2. The minimum Gasteiger partial charge on any atom is -0.439 e. The van der Waals surface area contributed by atoms with Crippen molar-refractivity contribution < 1.29 is 9.94 Å². The molecular weight excluding hydrogens is 268 g/mol. The van der Waals surface area contributed by atoms with Crippen molar-refractivity contribution in [3.05, 3.63) is 40.5 Å². The summed E-state index contributed by atoms with van der Waals surface area (Å²) in [6, 6.07) is 6.71. The monoisotopic (exact) mass is 280 g/mol. The van der Waals surface area contributed by atoms with E-state index in [9.17, 15) is 0 Å². The highest BCUT2D eigenvalue weighted by Gasteiger charge is 2.09. The number of ether oxygens (including phenoxy) is 1. The summed E-state index contributed by atoms with van der Waals surface area (Å²) in [6.45, 7) is 1.88. The molecule has 6 nitrogen and oxygen atoms in total. The molecule has 0 saturated carbocycles. The van der Waals surface area contributed by atoms with Crippen LogP contribution < -0.4 is 10.5 Å². The number of oxime groups is 1. The van der Waals surface area contributed by atoms with Crippen molar-refractivity contribution in [2.24, 2.45) is 17.9 Å². The van der Waals surface area contributed by atoms with Crippen LogP contribution in [0.1, 0.15) is 11.3 Å². The fourth-order valence-electron chi connectivity index (χ4n) is 1.62. The first kappa shape index (κ1) is 13.2. The highest BCUT2D eigenvalue weighted by Crippen LogP contribution is 2.26. The summed E-state index contributed by atoms with van der Waals surface area (Å²) in [5, 5.41) is 16.0. The molecule has 2 aromatic rings. The van der Waals surface area contributed by atoms with Gasteiger partial charge in [-0.2, -0.15) is 5.10 Å². The molecular formula is C12H13ClN4O2. The highest BCUT2D eigenvalue weighted by atomic mass is 35.5. The number of hydrogen-bond acceptors (Lipinski definition) is 4. The lowest BCUT2D eigenvalue weighted by Crippen LogP contribution is -2.13. The second-order valence-corrected chi connectivity index (χ2v) is 4.38. The Morgan fingerprint density at radius 2 is 2.21 bits per heavy atom. The first-order valence-corrected chi connectivity index (χ1v) is 5.85. The third-order valence-electron chi connectivity index (χ3n) is 2.51. The van der Waals surface area contributed by atoms with E-state index in [0.717, 1.165) is 5.69 Å². The van der Waals surface area contributed by atoms with Gasteiger partial charge in [0.15, 0.2) is 5.84 Å². The van der Waals surface area contributed by atoms with Gasteiger partial charge in [0.05, 0.1) is 10.7 Å². The quantitative estimate of drug-likeness (QED) is 0.391. The number of nitrogens with two attached hydrogens (primary N) is 1. The summed E-state index contributed by atoms with van der Waals surface area (Å²) in [6.07, 6.45) is 0. The third kappa shape index (κ3) is 2.79. The van der Waals surface area contributed by atoms with Crippen molar-refractivity contribution in [1.29, 1.82) is 0 Å². The standard InChI is InChI=1S/C12H13ClN4O2/c1-7-5-11(17(2)15-7)19-8-3-4-9(10(13)6-8)12(14)16-18/h3-6,18H,1-2H3,(H2,14,16). The Balaban J connectivity index is 2.28. The number of rotatable bonds is 3. The Morgan fingerprint density at radius 3 is 2.74 bits per heavy atom. The second-order valence-electron chi connectivity index (χ2n) is 3.98. The molecule has 1 aromatic heterocycles. The number of amidine groups is 1. The summed E-state index contributed by atoms with van der Waals surface area (Å²) in [5.74, 6) is 1.10. The molecule has 19 heavy (non-hydrogen) atoms. The Labute approximate surface area is 115 Å². The normalized spacial score (nSPS) is 11.6. The van der Waals surface area contributed by atoms with Crippen LogP contribution >= 0.6 is 11.6 Å². The van der Waals surface area contributed by atoms with Gasteiger partial charge in [0.1, 0.15) is 5.75 Å². The van der Waals surface area contributed by atoms with E-state index in [4.69, 9.17) is 27.3 Å². The van der Waals surface area contributed by atoms with Gasteiger partial charge in [0, 0.05) is 24.7 Å². The number of hydrogen-bond donors (Lipinski definition) is 2. The van der Waals surface area contributed by atoms with Crippen LogP contribution in [0.4, 0.5) is 0 Å². The van der Waals surface area contributed by atoms with Crippen molar-refractivity contribution in [2.45, 2.75) is 6.92 Å². The minimum absolute atomic E-state index is 0.0482. The maximum Gasteiger partial charge on any atom is 0.217 e. The fourth-order valence-corrected chi connectivity index (χ4v) is 1.89. The molecule has 0 atom stereocenters. The van der Waals surface area contributed by atoms with E-state index in [0.29, 0.717) is 22.2 Å². The van der Waals surface area contributed by atoms with Gasteiger partial charge in [-0.25, -0.2) is 4.68 Å². The molecule has 7 heteroatoms. The summed E-state index contributed by atoms with van der Waals surface area (Å²) < 4.78 is 7.28. The Kier molecular flexibility index (Phi) is 3.62. The molecule has 0 amide bonds. The molecule has 0 aliphatic rings. The predicted molar refractivity (Wildman–Crippen MR) is 72.0 cm³/mol. The Bertz CT molecular complexity index is 637. The van der Waals surface area contributed by atoms with Gasteiger partial charge in [0.2, 0.25) is 5.88 Å². The Hall–Kier alpha value is -2.21. The molecule has 0 bridgehead atoms. The lowest BCUT2D eigenvalue weighted by molar-refractivity contribution is 0.318.